The van der Waals surface area contributed by atoms with Gasteiger partial charge in [-0.2, -0.15) is 0 Å². The number of hydrogen-bond donors (Lipinski definition) is 1. The molecule has 112 valence electrons. The Morgan fingerprint density at radius 1 is 1.32 bits per heavy atom. The third-order valence-corrected chi connectivity index (χ3v) is 3.45. The topological polar surface area (TPSA) is 80.9 Å². The maximum Gasteiger partial charge on any atom is 0.258 e. The summed E-state index contributed by atoms with van der Waals surface area (Å²) in [5, 5.41) is 6.38. The molecule has 0 saturated carbocycles. The van der Waals surface area contributed by atoms with Crippen molar-refractivity contribution in [2.24, 2.45) is 0 Å². The first kappa shape index (κ1) is 14.7. The van der Waals surface area contributed by atoms with Crippen molar-refractivity contribution >= 4 is 45.9 Å². The number of aromatic nitrogens is 3. The van der Waals surface area contributed by atoms with Crippen LogP contribution in [0.2, 0.25) is 10.3 Å². The third kappa shape index (κ3) is 2.60. The number of nitrogens with one attached hydrogen (secondary N) is 1. The van der Waals surface area contributed by atoms with Crippen LogP contribution in [0.4, 0.5) is 10.1 Å². The zero-order valence-corrected chi connectivity index (χ0v) is 12.5. The van der Waals surface area contributed by atoms with Crippen LogP contribution in [0.25, 0.3) is 11.1 Å². The second kappa shape index (κ2) is 5.51. The molecule has 0 aliphatic rings. The molecule has 0 aliphatic heterocycles. The fourth-order valence-electron chi connectivity index (χ4n) is 1.82. The number of nitrogens with zero attached hydrogens (tertiary/aromatic N) is 3. The number of halogens is 3. The van der Waals surface area contributed by atoms with E-state index < -0.39 is 16.9 Å². The zero-order valence-electron chi connectivity index (χ0n) is 11.0. The van der Waals surface area contributed by atoms with Crippen LogP contribution in [-0.2, 0) is 0 Å². The van der Waals surface area contributed by atoms with Gasteiger partial charge in [0.05, 0.1) is 28.5 Å². The van der Waals surface area contributed by atoms with Crippen LogP contribution >= 0.6 is 23.2 Å². The Hall–Kier alpha value is -2.25. The van der Waals surface area contributed by atoms with E-state index in [1.807, 2.05) is 0 Å². The maximum absolute atomic E-state index is 13.4. The smallest absolute Gasteiger partial charge is 0.258 e. The highest BCUT2D eigenvalue weighted by atomic mass is 35.5. The first-order chi connectivity index (χ1) is 10.5. The van der Waals surface area contributed by atoms with Gasteiger partial charge in [-0.05, 0) is 19.1 Å². The molecule has 3 aromatic heterocycles. The molecule has 3 aromatic rings. The lowest BCUT2D eigenvalue weighted by Crippen LogP contribution is -2.13. The number of anilines is 1. The molecule has 1 amide bonds. The largest absolute Gasteiger partial charge is 0.336 e. The summed E-state index contributed by atoms with van der Waals surface area (Å²) in [6, 6.07) is 2.56. The van der Waals surface area contributed by atoms with Crippen LogP contribution in [0.15, 0.2) is 22.9 Å². The van der Waals surface area contributed by atoms with Gasteiger partial charge in [-0.1, -0.05) is 28.4 Å². The van der Waals surface area contributed by atoms with E-state index in [1.165, 1.54) is 6.20 Å². The van der Waals surface area contributed by atoms with Crippen molar-refractivity contribution in [1.82, 2.24) is 15.1 Å². The maximum atomic E-state index is 13.4. The molecule has 0 aromatic carbocycles. The SMILES string of the molecule is Cc1noc2ncc(NC(=O)c3cc(F)c(Cl)nc3Cl)cc12. The standard InChI is InChI=1S/C13H7Cl2FN4O2/c1-5-7-2-6(4-17-13(7)22-20-5)18-12(21)8-3-9(16)11(15)19-10(8)14/h2-4H,1H3,(H,18,21). The van der Waals surface area contributed by atoms with Gasteiger partial charge in [0.2, 0.25) is 0 Å². The number of carbonyl (C=O) groups is 1. The summed E-state index contributed by atoms with van der Waals surface area (Å²) in [5.41, 5.74) is 1.24. The highest BCUT2D eigenvalue weighted by Gasteiger charge is 2.16. The average Bonchev–Trinajstić information content (AvgIpc) is 2.84. The highest BCUT2D eigenvalue weighted by Crippen LogP contribution is 2.23. The molecule has 0 bridgehead atoms. The number of hydrogen-bond acceptors (Lipinski definition) is 5. The van der Waals surface area contributed by atoms with Crippen molar-refractivity contribution in [2.75, 3.05) is 5.32 Å². The van der Waals surface area contributed by atoms with Gasteiger partial charge in [0.1, 0.15) is 5.15 Å². The highest BCUT2D eigenvalue weighted by molar-refractivity contribution is 6.35. The Kier molecular flexibility index (Phi) is 3.67. The summed E-state index contributed by atoms with van der Waals surface area (Å²) in [6.07, 6.45) is 1.39. The van der Waals surface area contributed by atoms with Crippen molar-refractivity contribution in [2.45, 2.75) is 6.92 Å². The normalized spacial score (nSPS) is 10.9. The van der Waals surface area contributed by atoms with Gasteiger partial charge in [0.25, 0.3) is 11.6 Å². The van der Waals surface area contributed by atoms with Gasteiger partial charge in [-0.3, -0.25) is 4.79 Å². The Bertz CT molecular complexity index is 897. The monoisotopic (exact) mass is 340 g/mol. The molecule has 1 N–H and O–H groups in total. The van der Waals surface area contributed by atoms with Crippen molar-refractivity contribution in [1.29, 1.82) is 0 Å². The lowest BCUT2D eigenvalue weighted by molar-refractivity contribution is 0.102. The molecule has 0 radical (unpaired) electrons. The lowest BCUT2D eigenvalue weighted by atomic mass is 10.2. The van der Waals surface area contributed by atoms with E-state index in [0.717, 1.165) is 6.07 Å². The Labute approximate surface area is 133 Å². The van der Waals surface area contributed by atoms with Crippen LogP contribution < -0.4 is 5.32 Å². The number of carbonyl (C=O) groups excluding carboxylic acids is 1. The van der Waals surface area contributed by atoms with Gasteiger partial charge in [-0.25, -0.2) is 14.4 Å². The van der Waals surface area contributed by atoms with Gasteiger partial charge in [0, 0.05) is 0 Å². The summed E-state index contributed by atoms with van der Waals surface area (Å²) >= 11 is 11.3. The summed E-state index contributed by atoms with van der Waals surface area (Å²) in [7, 11) is 0. The first-order valence-corrected chi connectivity index (χ1v) is 6.76. The predicted octanol–water partition coefficient (Wildman–Crippen LogP) is 3.62. The van der Waals surface area contributed by atoms with E-state index in [1.54, 1.807) is 13.0 Å². The number of fused-ring (bicyclic) bond motifs is 1. The van der Waals surface area contributed by atoms with E-state index >= 15 is 0 Å². The van der Waals surface area contributed by atoms with E-state index in [9.17, 15) is 9.18 Å². The number of amides is 1. The van der Waals surface area contributed by atoms with Crippen molar-refractivity contribution < 1.29 is 13.7 Å². The molecule has 0 atom stereocenters. The third-order valence-electron chi connectivity index (χ3n) is 2.90. The molecular weight excluding hydrogens is 334 g/mol. The molecule has 0 unspecified atom stereocenters. The molecule has 3 rings (SSSR count). The van der Waals surface area contributed by atoms with Crippen molar-refractivity contribution in [3.05, 3.63) is 45.7 Å². The number of pyridine rings is 2. The van der Waals surface area contributed by atoms with Crippen molar-refractivity contribution in [3.63, 3.8) is 0 Å². The van der Waals surface area contributed by atoms with Crippen LogP contribution in [-0.4, -0.2) is 21.0 Å². The molecular formula is C13H7Cl2FN4O2. The van der Waals surface area contributed by atoms with Gasteiger partial charge >= 0.3 is 0 Å². The summed E-state index contributed by atoms with van der Waals surface area (Å²) in [4.78, 5) is 19.7. The second-order valence-corrected chi connectivity index (χ2v) is 5.11. The van der Waals surface area contributed by atoms with Crippen LogP contribution in [0.1, 0.15) is 16.1 Å². The molecule has 0 aliphatic carbocycles. The van der Waals surface area contributed by atoms with Crippen LogP contribution in [0.3, 0.4) is 0 Å². The van der Waals surface area contributed by atoms with Gasteiger partial charge in [-0.15, -0.1) is 0 Å². The molecule has 9 heteroatoms. The number of rotatable bonds is 2. The molecule has 0 saturated heterocycles. The second-order valence-electron chi connectivity index (χ2n) is 4.40. The van der Waals surface area contributed by atoms with Crippen molar-refractivity contribution in [3.8, 4) is 0 Å². The summed E-state index contributed by atoms with van der Waals surface area (Å²) in [6.45, 7) is 1.74. The quantitative estimate of drug-likeness (QED) is 0.720. The fourth-order valence-corrected chi connectivity index (χ4v) is 2.22. The van der Waals surface area contributed by atoms with E-state index in [4.69, 9.17) is 27.7 Å². The number of aryl methyl sites for hydroxylation is 1. The van der Waals surface area contributed by atoms with E-state index in [0.29, 0.717) is 22.5 Å². The minimum Gasteiger partial charge on any atom is -0.336 e. The zero-order chi connectivity index (χ0) is 15.9. The summed E-state index contributed by atoms with van der Waals surface area (Å²) in [5.74, 6) is -1.47. The molecule has 6 nitrogen and oxygen atoms in total. The molecule has 22 heavy (non-hydrogen) atoms. The Morgan fingerprint density at radius 2 is 2.09 bits per heavy atom. The Balaban J connectivity index is 1.92. The molecule has 3 heterocycles. The van der Waals surface area contributed by atoms with Crippen LogP contribution in [0, 0.1) is 12.7 Å². The summed E-state index contributed by atoms with van der Waals surface area (Å²) < 4.78 is 18.4. The van der Waals surface area contributed by atoms with Crippen LogP contribution in [0.5, 0.6) is 0 Å². The van der Waals surface area contributed by atoms with E-state index in [-0.39, 0.29) is 10.7 Å². The molecule has 0 spiro atoms. The first-order valence-electron chi connectivity index (χ1n) is 6.00. The van der Waals surface area contributed by atoms with Gasteiger partial charge in [0.15, 0.2) is 11.0 Å². The van der Waals surface area contributed by atoms with E-state index in [2.05, 4.69) is 20.4 Å². The van der Waals surface area contributed by atoms with Gasteiger partial charge < -0.3 is 9.84 Å². The minimum atomic E-state index is -0.834. The fraction of sp³-hybridized carbons (Fsp3) is 0.0769. The average molecular weight is 341 g/mol. The lowest BCUT2D eigenvalue weighted by Gasteiger charge is -2.06. The Morgan fingerprint density at radius 3 is 2.86 bits per heavy atom. The molecule has 0 fully saturated rings. The minimum absolute atomic E-state index is 0.134. The predicted molar refractivity (Wildman–Crippen MR) is 78.7 cm³/mol.